The highest BCUT2D eigenvalue weighted by atomic mass is 35.5. The molecule has 2 aromatic carbocycles. The topological polar surface area (TPSA) is 21.3 Å². The molecular formula is C18H20ClNO. The Morgan fingerprint density at radius 2 is 2.00 bits per heavy atom. The minimum Gasteiger partial charge on any atom is -0.494 e. The van der Waals surface area contributed by atoms with E-state index < -0.39 is 0 Å². The Kier molecular flexibility index (Phi) is 4.79. The second kappa shape index (κ2) is 6.97. The minimum absolute atomic E-state index is 0.467. The number of rotatable bonds is 6. The lowest BCUT2D eigenvalue weighted by Gasteiger charge is -2.14. The van der Waals surface area contributed by atoms with Crippen LogP contribution in [-0.2, 0) is 6.42 Å². The van der Waals surface area contributed by atoms with Crippen molar-refractivity contribution in [2.75, 3.05) is 13.2 Å². The Balaban J connectivity index is 1.41. The molecule has 3 heteroatoms. The Morgan fingerprint density at radius 3 is 2.86 bits per heavy atom. The van der Waals surface area contributed by atoms with Crippen molar-refractivity contribution in [1.82, 2.24) is 5.32 Å². The van der Waals surface area contributed by atoms with Gasteiger partial charge in [0.25, 0.3) is 0 Å². The van der Waals surface area contributed by atoms with Crippen LogP contribution in [0.5, 0.6) is 5.75 Å². The molecule has 1 atom stereocenters. The molecular weight excluding hydrogens is 282 g/mol. The van der Waals surface area contributed by atoms with Gasteiger partial charge in [-0.2, -0.15) is 0 Å². The van der Waals surface area contributed by atoms with E-state index in [-0.39, 0.29) is 0 Å². The van der Waals surface area contributed by atoms with Crippen LogP contribution in [0.15, 0.2) is 48.5 Å². The number of fused-ring (bicyclic) bond motifs is 1. The van der Waals surface area contributed by atoms with E-state index in [1.165, 1.54) is 11.1 Å². The van der Waals surface area contributed by atoms with Gasteiger partial charge in [0.15, 0.2) is 0 Å². The lowest BCUT2D eigenvalue weighted by atomic mass is 10.1. The van der Waals surface area contributed by atoms with E-state index in [0.717, 1.165) is 43.2 Å². The monoisotopic (exact) mass is 301 g/mol. The van der Waals surface area contributed by atoms with Crippen molar-refractivity contribution in [3.05, 3.63) is 64.7 Å². The summed E-state index contributed by atoms with van der Waals surface area (Å²) in [6, 6.07) is 16.7. The fourth-order valence-corrected chi connectivity index (χ4v) is 3.05. The highest BCUT2D eigenvalue weighted by Crippen LogP contribution is 2.32. The van der Waals surface area contributed by atoms with Gasteiger partial charge in [-0.05, 0) is 61.2 Å². The third kappa shape index (κ3) is 3.78. The summed E-state index contributed by atoms with van der Waals surface area (Å²) >= 11 is 6.04. The molecule has 0 saturated carbocycles. The average molecular weight is 302 g/mol. The normalized spacial score (nSPS) is 16.7. The first kappa shape index (κ1) is 14.4. The molecule has 1 N–H and O–H groups in total. The van der Waals surface area contributed by atoms with Gasteiger partial charge < -0.3 is 10.1 Å². The first-order chi connectivity index (χ1) is 10.3. The smallest absolute Gasteiger partial charge is 0.119 e. The third-order valence-electron chi connectivity index (χ3n) is 3.91. The number of halogens is 1. The van der Waals surface area contributed by atoms with E-state index in [1.54, 1.807) is 0 Å². The number of benzene rings is 2. The second-order valence-corrected chi connectivity index (χ2v) is 5.84. The minimum atomic E-state index is 0.467. The number of nitrogens with one attached hydrogen (secondary N) is 1. The van der Waals surface area contributed by atoms with E-state index in [2.05, 4.69) is 17.4 Å². The third-order valence-corrected chi connectivity index (χ3v) is 4.14. The predicted octanol–water partition coefficient (Wildman–Crippen LogP) is 4.39. The molecule has 0 spiro atoms. The molecule has 0 aromatic heterocycles. The quantitative estimate of drug-likeness (QED) is 0.799. The molecule has 0 fully saturated rings. The van der Waals surface area contributed by atoms with Gasteiger partial charge >= 0.3 is 0 Å². The molecule has 2 nitrogen and oxygen atoms in total. The van der Waals surface area contributed by atoms with Crippen molar-refractivity contribution in [3.63, 3.8) is 0 Å². The van der Waals surface area contributed by atoms with Crippen LogP contribution in [0.1, 0.15) is 30.0 Å². The van der Waals surface area contributed by atoms with Crippen molar-refractivity contribution >= 4 is 11.6 Å². The summed E-state index contributed by atoms with van der Waals surface area (Å²) in [5.41, 5.74) is 2.80. The SMILES string of the molecule is Clc1ccc2c(c1)CCC2NCCCOc1ccccc1. The van der Waals surface area contributed by atoms with Gasteiger partial charge in [0.1, 0.15) is 5.75 Å². The highest BCUT2D eigenvalue weighted by molar-refractivity contribution is 6.30. The number of hydrogen-bond acceptors (Lipinski definition) is 2. The predicted molar refractivity (Wildman–Crippen MR) is 87.1 cm³/mol. The van der Waals surface area contributed by atoms with Gasteiger partial charge in [-0.3, -0.25) is 0 Å². The van der Waals surface area contributed by atoms with Crippen molar-refractivity contribution in [2.24, 2.45) is 0 Å². The average Bonchev–Trinajstić information content (AvgIpc) is 2.90. The zero-order valence-corrected chi connectivity index (χ0v) is 12.8. The van der Waals surface area contributed by atoms with Gasteiger partial charge in [-0.25, -0.2) is 0 Å². The summed E-state index contributed by atoms with van der Waals surface area (Å²) in [5, 5.41) is 4.46. The second-order valence-electron chi connectivity index (χ2n) is 5.40. The van der Waals surface area contributed by atoms with Gasteiger partial charge in [-0.15, -0.1) is 0 Å². The van der Waals surface area contributed by atoms with Gasteiger partial charge in [0.2, 0.25) is 0 Å². The fraction of sp³-hybridized carbons (Fsp3) is 0.333. The first-order valence-electron chi connectivity index (χ1n) is 7.52. The maximum Gasteiger partial charge on any atom is 0.119 e. The molecule has 2 aromatic rings. The van der Waals surface area contributed by atoms with Crippen LogP contribution < -0.4 is 10.1 Å². The maximum absolute atomic E-state index is 6.04. The van der Waals surface area contributed by atoms with Crippen molar-refractivity contribution in [3.8, 4) is 5.75 Å². The summed E-state index contributed by atoms with van der Waals surface area (Å²) in [4.78, 5) is 0. The largest absolute Gasteiger partial charge is 0.494 e. The zero-order chi connectivity index (χ0) is 14.5. The number of ether oxygens (including phenoxy) is 1. The first-order valence-corrected chi connectivity index (χ1v) is 7.90. The van der Waals surface area contributed by atoms with Crippen LogP contribution in [0.25, 0.3) is 0 Å². The Morgan fingerprint density at radius 1 is 1.14 bits per heavy atom. The molecule has 1 aliphatic carbocycles. The molecule has 1 unspecified atom stereocenters. The van der Waals surface area contributed by atoms with Gasteiger partial charge in [0.05, 0.1) is 6.61 Å². The highest BCUT2D eigenvalue weighted by Gasteiger charge is 2.21. The van der Waals surface area contributed by atoms with Crippen LogP contribution in [0.2, 0.25) is 5.02 Å². The molecule has 1 aliphatic rings. The molecule has 0 radical (unpaired) electrons. The summed E-state index contributed by atoms with van der Waals surface area (Å²) in [5.74, 6) is 0.943. The van der Waals surface area contributed by atoms with Crippen LogP contribution in [0.3, 0.4) is 0 Å². The van der Waals surface area contributed by atoms with Crippen LogP contribution in [0, 0.1) is 0 Å². The lowest BCUT2D eigenvalue weighted by Crippen LogP contribution is -2.21. The van der Waals surface area contributed by atoms with Crippen molar-refractivity contribution < 1.29 is 4.74 Å². The molecule has 0 aliphatic heterocycles. The Hall–Kier alpha value is -1.51. The zero-order valence-electron chi connectivity index (χ0n) is 12.0. The molecule has 0 amide bonds. The lowest BCUT2D eigenvalue weighted by molar-refractivity contribution is 0.304. The summed E-state index contributed by atoms with van der Waals surface area (Å²) in [6.45, 7) is 1.72. The summed E-state index contributed by atoms with van der Waals surface area (Å²) in [6.07, 6.45) is 3.29. The molecule has 0 saturated heterocycles. The number of hydrogen-bond donors (Lipinski definition) is 1. The van der Waals surface area contributed by atoms with E-state index in [9.17, 15) is 0 Å². The fourth-order valence-electron chi connectivity index (χ4n) is 2.85. The van der Waals surface area contributed by atoms with Crippen LogP contribution in [0.4, 0.5) is 0 Å². The molecule has 0 heterocycles. The molecule has 0 bridgehead atoms. The number of para-hydroxylation sites is 1. The van der Waals surface area contributed by atoms with E-state index in [4.69, 9.17) is 16.3 Å². The Labute approximate surface area is 131 Å². The number of aryl methyl sites for hydroxylation is 1. The summed E-state index contributed by atoms with van der Waals surface area (Å²) < 4.78 is 5.70. The molecule has 3 rings (SSSR count). The molecule has 110 valence electrons. The molecule has 21 heavy (non-hydrogen) atoms. The van der Waals surface area contributed by atoms with Gasteiger partial charge in [-0.1, -0.05) is 35.9 Å². The standard InChI is InChI=1S/C18H20ClNO/c19-15-8-9-17-14(13-15)7-10-18(17)20-11-4-12-21-16-5-2-1-3-6-16/h1-3,5-6,8-9,13,18,20H,4,7,10-12H2. The van der Waals surface area contributed by atoms with Gasteiger partial charge in [0, 0.05) is 11.1 Å². The maximum atomic E-state index is 6.04. The van der Waals surface area contributed by atoms with E-state index >= 15 is 0 Å². The van der Waals surface area contributed by atoms with E-state index in [0.29, 0.717) is 6.04 Å². The van der Waals surface area contributed by atoms with Crippen LogP contribution >= 0.6 is 11.6 Å². The van der Waals surface area contributed by atoms with Crippen LogP contribution in [-0.4, -0.2) is 13.2 Å². The van der Waals surface area contributed by atoms with Crippen molar-refractivity contribution in [2.45, 2.75) is 25.3 Å². The van der Waals surface area contributed by atoms with E-state index in [1.807, 2.05) is 36.4 Å². The Bertz CT molecular complexity index is 585. The van der Waals surface area contributed by atoms with Crippen molar-refractivity contribution in [1.29, 1.82) is 0 Å². The summed E-state index contributed by atoms with van der Waals surface area (Å²) in [7, 11) is 0.